The van der Waals surface area contributed by atoms with Gasteiger partial charge in [0.25, 0.3) is 5.91 Å². The fraction of sp³-hybridized carbons (Fsp3) is 0.109. The van der Waals surface area contributed by atoms with Crippen LogP contribution in [0.25, 0.3) is 90.9 Å². The Labute approximate surface area is 400 Å². The van der Waals surface area contributed by atoms with Crippen LogP contribution in [0.5, 0.6) is 0 Å². The zero-order valence-corrected chi connectivity index (χ0v) is 38.0. The van der Waals surface area contributed by atoms with Crippen LogP contribution >= 0.6 is 0 Å². The van der Waals surface area contributed by atoms with Crippen molar-refractivity contribution in [1.82, 2.24) is 30.3 Å². The highest BCUT2D eigenvalue weighted by Gasteiger charge is 2.21. The van der Waals surface area contributed by atoms with Gasteiger partial charge in [0.2, 0.25) is 6.41 Å². The Morgan fingerprint density at radius 3 is 1.09 bits per heavy atom. The van der Waals surface area contributed by atoms with Crippen molar-refractivity contribution in [2.75, 3.05) is 13.1 Å². The van der Waals surface area contributed by atoms with Gasteiger partial charge in [0, 0.05) is 56.4 Å². The number of amides is 2. The number of carboxylic acids is 3. The van der Waals surface area contributed by atoms with Gasteiger partial charge in [-0.3, -0.25) is 14.4 Å². The van der Waals surface area contributed by atoms with Crippen LogP contribution in [-0.4, -0.2) is 89.2 Å². The van der Waals surface area contributed by atoms with Crippen molar-refractivity contribution in [2.24, 2.45) is 0 Å². The fourth-order valence-electron chi connectivity index (χ4n) is 8.40. The summed E-state index contributed by atoms with van der Waals surface area (Å²) in [5.41, 5.74) is 10.4. The van der Waals surface area contributed by atoms with Crippen LogP contribution < -0.4 is 5.32 Å². The van der Waals surface area contributed by atoms with E-state index in [1.54, 1.807) is 48.5 Å². The van der Waals surface area contributed by atoms with Gasteiger partial charge in [-0.1, -0.05) is 48.5 Å². The lowest BCUT2D eigenvalue weighted by molar-refractivity contribution is -0.215. The van der Waals surface area contributed by atoms with Crippen molar-refractivity contribution in [2.45, 2.75) is 26.4 Å². The molecule has 15 nitrogen and oxygen atoms in total. The summed E-state index contributed by atoms with van der Waals surface area (Å²) in [4.78, 5) is 84.1. The molecule has 0 aliphatic carbocycles. The maximum absolute atomic E-state index is 13.4. The monoisotopic (exact) mass is 932 g/mol. The van der Waals surface area contributed by atoms with Crippen molar-refractivity contribution < 1.29 is 44.1 Å². The summed E-state index contributed by atoms with van der Waals surface area (Å²) < 4.78 is 0. The van der Waals surface area contributed by atoms with E-state index >= 15 is 0 Å². The molecule has 0 atom stereocenters. The predicted molar refractivity (Wildman–Crippen MR) is 267 cm³/mol. The molecule has 3 aromatic heterocycles. The number of benzene rings is 4. The maximum Gasteiger partial charge on any atom is 0.335 e. The number of hydrogen-bond donors (Lipinski definition) is 6. The Hall–Kier alpha value is -9.21. The van der Waals surface area contributed by atoms with Gasteiger partial charge in [-0.15, -0.1) is 0 Å². The molecule has 4 aromatic carbocycles. The number of fused-ring (bicyclic) bond motifs is 8. The summed E-state index contributed by atoms with van der Waals surface area (Å²) in [7, 11) is 0. The number of carbonyl (C=O) groups excluding carboxylic acids is 2. The van der Waals surface area contributed by atoms with Gasteiger partial charge < -0.3 is 30.6 Å². The smallest absolute Gasteiger partial charge is 0.335 e. The molecule has 2 amide bonds. The average molecular weight is 933 g/mol. The Kier molecular flexibility index (Phi) is 12.3. The Morgan fingerprint density at radius 1 is 0.514 bits per heavy atom. The van der Waals surface area contributed by atoms with Crippen LogP contribution in [-0.2, 0) is 9.63 Å². The number of nitrogens with one attached hydrogen (secondary N) is 3. The van der Waals surface area contributed by atoms with Crippen LogP contribution in [0.4, 0.5) is 0 Å². The third-order valence-corrected chi connectivity index (χ3v) is 11.6. The van der Waals surface area contributed by atoms with Crippen LogP contribution in [0, 0.1) is 0 Å². The lowest BCUT2D eigenvalue weighted by atomic mass is 10.0. The highest BCUT2D eigenvalue weighted by atomic mass is 16.7. The average Bonchev–Trinajstić information content (AvgIpc) is 4.20. The fourth-order valence-corrected chi connectivity index (χ4v) is 8.40. The molecule has 15 heteroatoms. The second kappa shape index (κ2) is 18.8. The van der Waals surface area contributed by atoms with E-state index in [0.717, 1.165) is 5.06 Å². The molecule has 348 valence electrons. The van der Waals surface area contributed by atoms with Crippen LogP contribution in [0.2, 0.25) is 0 Å². The van der Waals surface area contributed by atoms with Crippen molar-refractivity contribution in [3.05, 3.63) is 166 Å². The molecule has 6 N–H and O–H groups in total. The van der Waals surface area contributed by atoms with Gasteiger partial charge >= 0.3 is 17.9 Å². The van der Waals surface area contributed by atoms with Crippen LogP contribution in [0.1, 0.15) is 85.0 Å². The van der Waals surface area contributed by atoms with Gasteiger partial charge in [-0.25, -0.2) is 29.4 Å². The van der Waals surface area contributed by atoms with Crippen molar-refractivity contribution in [3.8, 4) is 44.5 Å². The number of aromatic amines is 2. The summed E-state index contributed by atoms with van der Waals surface area (Å²) in [5.74, 6) is -3.55. The van der Waals surface area contributed by atoms with Gasteiger partial charge in [0.15, 0.2) is 0 Å². The van der Waals surface area contributed by atoms with Crippen molar-refractivity contribution in [1.29, 1.82) is 0 Å². The first-order valence-corrected chi connectivity index (χ1v) is 22.1. The van der Waals surface area contributed by atoms with E-state index in [4.69, 9.17) is 14.8 Å². The molecule has 8 bridgehead atoms. The minimum Gasteiger partial charge on any atom is -0.478 e. The topological polar surface area (TPSA) is 228 Å². The molecular formula is C55H44N6O9. The highest BCUT2D eigenvalue weighted by molar-refractivity contribution is 6.01. The molecule has 2 aliphatic heterocycles. The zero-order chi connectivity index (χ0) is 49.3. The number of H-pyrrole nitrogens is 2. The van der Waals surface area contributed by atoms with Gasteiger partial charge in [-0.05, 0) is 140 Å². The van der Waals surface area contributed by atoms with Gasteiger partial charge in [-0.2, -0.15) is 0 Å². The van der Waals surface area contributed by atoms with E-state index in [1.165, 1.54) is 36.4 Å². The predicted octanol–water partition coefficient (Wildman–Crippen LogP) is 10.3. The van der Waals surface area contributed by atoms with E-state index in [0.29, 0.717) is 101 Å². The quantitative estimate of drug-likeness (QED) is 0.0471. The lowest BCUT2D eigenvalue weighted by Crippen LogP contribution is -2.38. The largest absolute Gasteiger partial charge is 0.478 e. The number of hydroxylamine groups is 2. The Balaban J connectivity index is 1.29. The lowest BCUT2D eigenvalue weighted by Gasteiger charge is -2.26. The van der Waals surface area contributed by atoms with Crippen molar-refractivity contribution in [3.63, 3.8) is 0 Å². The van der Waals surface area contributed by atoms with E-state index in [2.05, 4.69) is 15.3 Å². The highest BCUT2D eigenvalue weighted by Crippen LogP contribution is 2.39. The minimum atomic E-state index is -1.07. The molecule has 0 unspecified atom stereocenters. The maximum atomic E-state index is 13.4. The first-order chi connectivity index (χ1) is 33.6. The number of aromatic carboxylic acids is 3. The van der Waals surface area contributed by atoms with Gasteiger partial charge in [0.05, 0.1) is 51.6 Å². The molecule has 7 aromatic rings. The van der Waals surface area contributed by atoms with E-state index in [-0.39, 0.29) is 35.7 Å². The van der Waals surface area contributed by atoms with Crippen LogP contribution in [0.15, 0.2) is 121 Å². The molecule has 9 rings (SSSR count). The molecule has 0 spiro atoms. The van der Waals surface area contributed by atoms with E-state index < -0.39 is 23.5 Å². The third kappa shape index (κ3) is 9.50. The standard InChI is InChI=1S/C55H44N6O9/c1-55(2,3)70-61(30-62)29-28-56-51(63)35-12-4-31(5-13-35)47-39-20-22-41(57-39)48(32-6-14-36(15-7-32)52(64)65)43-24-26-45(59-43)50(34-10-18-38(19-11-34)54(68)69)46-27-25-44(60-46)49(42-23-21-40(47)58-42)33-8-16-37(17-9-33)53(66)67/h4-27,30,57,60H,28-29H2,1-3H3,(H,56,63)(H,64,65)(H,66,67)(H,68,69). The third-order valence-electron chi connectivity index (χ3n) is 11.6. The summed E-state index contributed by atoms with van der Waals surface area (Å²) in [6, 6.07) is 34.2. The Morgan fingerprint density at radius 2 is 0.814 bits per heavy atom. The molecular weight excluding hydrogens is 889 g/mol. The van der Waals surface area contributed by atoms with E-state index in [9.17, 15) is 39.3 Å². The molecule has 0 fully saturated rings. The van der Waals surface area contributed by atoms with Gasteiger partial charge in [0.1, 0.15) is 0 Å². The van der Waals surface area contributed by atoms with Crippen molar-refractivity contribution >= 4 is 76.6 Å². The molecule has 0 saturated carbocycles. The molecule has 0 radical (unpaired) electrons. The second-order valence-electron chi connectivity index (χ2n) is 17.4. The molecule has 2 aliphatic rings. The summed E-state index contributed by atoms with van der Waals surface area (Å²) in [5, 5.41) is 33.3. The molecule has 0 saturated heterocycles. The number of rotatable bonds is 13. The first-order valence-electron chi connectivity index (χ1n) is 22.1. The first kappa shape index (κ1) is 45.9. The normalized spacial score (nSPS) is 11.9. The summed E-state index contributed by atoms with van der Waals surface area (Å²) >= 11 is 0. The number of aromatic nitrogens is 4. The number of carbonyl (C=O) groups is 5. The SMILES string of the molecule is CC(C)(C)ON(C=O)CCNC(=O)c1ccc(-c2c3nc(c(-c4ccc(C(=O)O)cc4)c4ccc([nH]4)c(-c4ccc(C(=O)O)cc4)c4nc(c(-c5ccc(C(=O)O)cc5)c5ccc2[nH]5)C=C4)C=C3)cc1. The zero-order valence-electron chi connectivity index (χ0n) is 38.0. The number of carboxylic acid groups (broad SMARTS) is 3. The summed E-state index contributed by atoms with van der Waals surface area (Å²) in [6.45, 7) is 5.75. The summed E-state index contributed by atoms with van der Waals surface area (Å²) in [6.07, 6.45) is 8.09. The molecule has 5 heterocycles. The van der Waals surface area contributed by atoms with E-state index in [1.807, 2.05) is 81.5 Å². The number of hydrogen-bond acceptors (Lipinski definition) is 8. The van der Waals surface area contributed by atoms with Crippen LogP contribution in [0.3, 0.4) is 0 Å². The minimum absolute atomic E-state index is 0.112. The number of nitrogens with zero attached hydrogens (tertiary/aromatic N) is 3. The molecule has 70 heavy (non-hydrogen) atoms. The second-order valence-corrected chi connectivity index (χ2v) is 17.4. The Bertz CT molecular complexity index is 3420.